The standard InChI is InChI=1S/C12H15F2NO/c1-2-10(15)7-11(16)6-8-5-9(13)3-4-12(8)14/h3-5,10H,2,6-7,15H2,1H3. The second-order valence-electron chi connectivity index (χ2n) is 3.82. The molecule has 2 N–H and O–H groups in total. The van der Waals surface area contributed by atoms with E-state index in [1.807, 2.05) is 6.92 Å². The monoisotopic (exact) mass is 227 g/mol. The van der Waals surface area contributed by atoms with Gasteiger partial charge in [0.15, 0.2) is 0 Å². The third-order valence-corrected chi connectivity index (χ3v) is 2.41. The van der Waals surface area contributed by atoms with Gasteiger partial charge < -0.3 is 5.73 Å². The molecule has 0 fully saturated rings. The Balaban J connectivity index is 2.65. The van der Waals surface area contributed by atoms with Gasteiger partial charge in [-0.05, 0) is 30.2 Å². The van der Waals surface area contributed by atoms with Crippen LogP contribution in [0.4, 0.5) is 8.78 Å². The van der Waals surface area contributed by atoms with Crippen molar-refractivity contribution in [1.29, 1.82) is 0 Å². The minimum atomic E-state index is -0.556. The smallest absolute Gasteiger partial charge is 0.138 e. The van der Waals surface area contributed by atoms with E-state index in [9.17, 15) is 13.6 Å². The molecule has 0 saturated carbocycles. The molecule has 0 spiro atoms. The van der Waals surface area contributed by atoms with E-state index >= 15 is 0 Å². The number of rotatable bonds is 5. The molecule has 0 radical (unpaired) electrons. The summed E-state index contributed by atoms with van der Waals surface area (Å²) in [6.07, 6.45) is 0.793. The Labute approximate surface area is 93.5 Å². The fourth-order valence-corrected chi connectivity index (χ4v) is 1.40. The van der Waals surface area contributed by atoms with Crippen molar-refractivity contribution in [3.05, 3.63) is 35.4 Å². The third kappa shape index (κ3) is 3.70. The third-order valence-electron chi connectivity index (χ3n) is 2.41. The lowest BCUT2D eigenvalue weighted by Gasteiger charge is -2.07. The van der Waals surface area contributed by atoms with E-state index < -0.39 is 11.6 Å². The van der Waals surface area contributed by atoms with Gasteiger partial charge in [-0.15, -0.1) is 0 Å². The highest BCUT2D eigenvalue weighted by Gasteiger charge is 2.12. The Morgan fingerprint density at radius 1 is 1.44 bits per heavy atom. The van der Waals surface area contributed by atoms with E-state index in [1.54, 1.807) is 0 Å². The summed E-state index contributed by atoms with van der Waals surface area (Å²) < 4.78 is 26.0. The van der Waals surface area contributed by atoms with E-state index in [4.69, 9.17) is 5.73 Å². The van der Waals surface area contributed by atoms with Gasteiger partial charge in [-0.2, -0.15) is 0 Å². The number of halogens is 2. The van der Waals surface area contributed by atoms with Gasteiger partial charge in [0.05, 0.1) is 0 Å². The topological polar surface area (TPSA) is 43.1 Å². The lowest BCUT2D eigenvalue weighted by molar-refractivity contribution is -0.118. The van der Waals surface area contributed by atoms with E-state index in [0.717, 1.165) is 18.2 Å². The molecule has 1 unspecified atom stereocenters. The average molecular weight is 227 g/mol. The highest BCUT2D eigenvalue weighted by atomic mass is 19.1. The Morgan fingerprint density at radius 2 is 2.12 bits per heavy atom. The van der Waals surface area contributed by atoms with Crippen LogP contribution < -0.4 is 5.73 Å². The zero-order valence-electron chi connectivity index (χ0n) is 9.17. The van der Waals surface area contributed by atoms with Crippen molar-refractivity contribution < 1.29 is 13.6 Å². The second-order valence-corrected chi connectivity index (χ2v) is 3.82. The average Bonchev–Trinajstić information content (AvgIpc) is 2.23. The van der Waals surface area contributed by atoms with Crippen molar-refractivity contribution in [2.24, 2.45) is 5.73 Å². The summed E-state index contributed by atoms with van der Waals surface area (Å²) in [5, 5.41) is 0. The van der Waals surface area contributed by atoms with Crippen LogP contribution in [-0.2, 0) is 11.2 Å². The summed E-state index contributed by atoms with van der Waals surface area (Å²) in [5.41, 5.74) is 5.70. The van der Waals surface area contributed by atoms with Crippen LogP contribution >= 0.6 is 0 Å². The molecule has 0 aliphatic heterocycles. The van der Waals surface area contributed by atoms with Crippen LogP contribution in [0.5, 0.6) is 0 Å². The van der Waals surface area contributed by atoms with Crippen molar-refractivity contribution in [2.45, 2.75) is 32.2 Å². The summed E-state index contributed by atoms with van der Waals surface area (Å²) in [6.45, 7) is 1.88. The highest BCUT2D eigenvalue weighted by molar-refractivity contribution is 5.81. The van der Waals surface area contributed by atoms with Crippen LogP contribution in [0.15, 0.2) is 18.2 Å². The van der Waals surface area contributed by atoms with E-state index in [-0.39, 0.29) is 30.2 Å². The molecule has 0 bridgehead atoms. The predicted octanol–water partition coefficient (Wildman–Crippen LogP) is 2.20. The maximum atomic E-state index is 13.2. The van der Waals surface area contributed by atoms with Crippen LogP contribution in [0.25, 0.3) is 0 Å². The number of benzene rings is 1. The molecule has 1 atom stereocenters. The molecule has 1 aromatic rings. The van der Waals surface area contributed by atoms with Gasteiger partial charge in [-0.1, -0.05) is 6.92 Å². The SMILES string of the molecule is CCC(N)CC(=O)Cc1cc(F)ccc1F. The molecule has 16 heavy (non-hydrogen) atoms. The predicted molar refractivity (Wildman–Crippen MR) is 58.0 cm³/mol. The first-order valence-corrected chi connectivity index (χ1v) is 5.24. The Bertz CT molecular complexity index is 379. The molecule has 0 heterocycles. The quantitative estimate of drug-likeness (QED) is 0.838. The molecule has 0 saturated heterocycles. The number of hydrogen-bond acceptors (Lipinski definition) is 2. The minimum Gasteiger partial charge on any atom is -0.327 e. The molecule has 1 aromatic carbocycles. The number of ketones is 1. The van der Waals surface area contributed by atoms with Crippen LogP contribution in [-0.4, -0.2) is 11.8 Å². The van der Waals surface area contributed by atoms with Gasteiger partial charge in [0.25, 0.3) is 0 Å². The fourth-order valence-electron chi connectivity index (χ4n) is 1.40. The van der Waals surface area contributed by atoms with Crippen molar-refractivity contribution in [3.8, 4) is 0 Å². The summed E-state index contributed by atoms with van der Waals surface area (Å²) in [5.74, 6) is -1.26. The minimum absolute atomic E-state index is 0.0910. The Morgan fingerprint density at radius 3 is 2.75 bits per heavy atom. The molecule has 0 aliphatic rings. The molecule has 0 amide bonds. The van der Waals surface area contributed by atoms with Crippen LogP contribution in [0.1, 0.15) is 25.3 Å². The molecular formula is C12H15F2NO. The second kappa shape index (κ2) is 5.70. The van der Waals surface area contributed by atoms with E-state index in [2.05, 4.69) is 0 Å². The van der Waals surface area contributed by atoms with Crippen LogP contribution in [0.2, 0.25) is 0 Å². The molecular weight excluding hydrogens is 212 g/mol. The summed E-state index contributed by atoms with van der Waals surface area (Å²) in [7, 11) is 0. The maximum Gasteiger partial charge on any atom is 0.138 e. The zero-order valence-corrected chi connectivity index (χ0v) is 9.17. The van der Waals surface area contributed by atoms with Crippen LogP contribution in [0, 0.1) is 11.6 Å². The number of carbonyl (C=O) groups is 1. The molecule has 4 heteroatoms. The van der Waals surface area contributed by atoms with Gasteiger partial charge >= 0.3 is 0 Å². The fraction of sp³-hybridized carbons (Fsp3) is 0.417. The summed E-state index contributed by atoms with van der Waals surface area (Å²) in [4.78, 5) is 11.5. The number of hydrogen-bond donors (Lipinski definition) is 1. The van der Waals surface area contributed by atoms with Crippen molar-refractivity contribution >= 4 is 5.78 Å². The highest BCUT2D eigenvalue weighted by Crippen LogP contribution is 2.12. The van der Waals surface area contributed by atoms with Gasteiger partial charge in [-0.3, -0.25) is 4.79 Å². The van der Waals surface area contributed by atoms with Gasteiger partial charge in [0, 0.05) is 18.9 Å². The Hall–Kier alpha value is -1.29. The van der Waals surface area contributed by atoms with Crippen molar-refractivity contribution in [3.63, 3.8) is 0 Å². The van der Waals surface area contributed by atoms with E-state index in [0.29, 0.717) is 6.42 Å². The maximum absolute atomic E-state index is 13.2. The van der Waals surface area contributed by atoms with Gasteiger partial charge in [0.2, 0.25) is 0 Å². The largest absolute Gasteiger partial charge is 0.327 e. The molecule has 1 rings (SSSR count). The van der Waals surface area contributed by atoms with Crippen LogP contribution in [0.3, 0.4) is 0 Å². The lowest BCUT2D eigenvalue weighted by atomic mass is 10.0. The zero-order chi connectivity index (χ0) is 12.1. The Kier molecular flexibility index (Phi) is 4.55. The summed E-state index contributed by atoms with van der Waals surface area (Å²) >= 11 is 0. The number of carbonyl (C=O) groups excluding carboxylic acids is 1. The lowest BCUT2D eigenvalue weighted by Crippen LogP contribution is -2.23. The summed E-state index contributed by atoms with van der Waals surface area (Å²) in [6, 6.07) is 2.90. The first-order valence-electron chi connectivity index (χ1n) is 5.24. The van der Waals surface area contributed by atoms with Crippen molar-refractivity contribution in [1.82, 2.24) is 0 Å². The van der Waals surface area contributed by atoms with Gasteiger partial charge in [0.1, 0.15) is 17.4 Å². The first kappa shape index (κ1) is 12.8. The normalized spacial score (nSPS) is 12.5. The first-order chi connectivity index (χ1) is 7.52. The molecule has 0 aliphatic carbocycles. The molecule has 0 aromatic heterocycles. The molecule has 88 valence electrons. The van der Waals surface area contributed by atoms with Crippen molar-refractivity contribution in [2.75, 3.05) is 0 Å². The molecule has 2 nitrogen and oxygen atoms in total. The van der Waals surface area contributed by atoms with Gasteiger partial charge in [-0.25, -0.2) is 8.78 Å². The number of Topliss-reactive ketones (excluding diaryl/α,β-unsaturated/α-hetero) is 1. The number of nitrogens with two attached hydrogens (primary N) is 1. The van der Waals surface area contributed by atoms with E-state index in [1.165, 1.54) is 0 Å².